The number of carbonyl (C=O) groups is 1. The van der Waals surface area contributed by atoms with E-state index in [2.05, 4.69) is 0 Å². The molecule has 1 atom stereocenters. The van der Waals surface area contributed by atoms with Gasteiger partial charge in [-0.05, 0) is 51.5 Å². The molecule has 2 aromatic rings. The van der Waals surface area contributed by atoms with Gasteiger partial charge in [-0.2, -0.15) is 0 Å². The fourth-order valence-electron chi connectivity index (χ4n) is 1.87. The summed E-state index contributed by atoms with van der Waals surface area (Å²) in [6, 6.07) is 13.1. The Labute approximate surface area is 125 Å². The molecule has 2 nitrogen and oxygen atoms in total. The largest absolute Gasteiger partial charge is 0.494 e. The molecule has 0 aliphatic carbocycles. The summed E-state index contributed by atoms with van der Waals surface area (Å²) in [7, 11) is 0.0230. The first-order valence-corrected chi connectivity index (χ1v) is 7.79. The number of benzene rings is 2. The Morgan fingerprint density at radius 3 is 2.65 bits per heavy atom. The van der Waals surface area contributed by atoms with Crippen molar-refractivity contribution in [3.8, 4) is 5.75 Å². The van der Waals surface area contributed by atoms with Gasteiger partial charge in [0.1, 0.15) is 5.75 Å². The molecule has 0 aromatic heterocycles. The SMILES string of the molecule is CCOc1ccc(PC(=O)c2ccccc2C)c(Cl)c1. The third kappa shape index (κ3) is 3.59. The van der Waals surface area contributed by atoms with Crippen LogP contribution >= 0.6 is 20.2 Å². The molecule has 0 amide bonds. The van der Waals surface area contributed by atoms with Crippen molar-refractivity contribution in [2.24, 2.45) is 0 Å². The Morgan fingerprint density at radius 2 is 2.00 bits per heavy atom. The van der Waals surface area contributed by atoms with Gasteiger partial charge in [-0.15, -0.1) is 0 Å². The molecule has 0 spiro atoms. The summed E-state index contributed by atoms with van der Waals surface area (Å²) in [5, 5.41) is 1.43. The van der Waals surface area contributed by atoms with Gasteiger partial charge in [0.05, 0.1) is 11.6 Å². The molecule has 20 heavy (non-hydrogen) atoms. The fraction of sp³-hybridized carbons (Fsp3) is 0.188. The van der Waals surface area contributed by atoms with Gasteiger partial charge >= 0.3 is 0 Å². The van der Waals surface area contributed by atoms with Gasteiger partial charge in [-0.1, -0.05) is 35.9 Å². The fourth-order valence-corrected chi connectivity index (χ4v) is 3.20. The zero-order valence-corrected chi connectivity index (χ0v) is 13.2. The van der Waals surface area contributed by atoms with Gasteiger partial charge < -0.3 is 4.74 Å². The second-order valence-corrected chi connectivity index (χ2v) is 5.99. The lowest BCUT2D eigenvalue weighted by Crippen LogP contribution is -2.04. The average molecular weight is 307 g/mol. The highest BCUT2D eigenvalue weighted by Gasteiger charge is 2.12. The minimum Gasteiger partial charge on any atom is -0.494 e. The molecule has 0 saturated carbocycles. The van der Waals surface area contributed by atoms with Crippen LogP contribution in [0.1, 0.15) is 22.8 Å². The lowest BCUT2D eigenvalue weighted by Gasteiger charge is -2.08. The lowest BCUT2D eigenvalue weighted by atomic mass is 10.1. The van der Waals surface area contributed by atoms with Crippen LogP contribution in [-0.4, -0.2) is 12.1 Å². The molecule has 104 valence electrons. The average Bonchev–Trinajstić information content (AvgIpc) is 2.42. The Hall–Kier alpha value is -1.37. The highest BCUT2D eigenvalue weighted by molar-refractivity contribution is 7.66. The van der Waals surface area contributed by atoms with Gasteiger partial charge in [0.2, 0.25) is 0 Å². The van der Waals surface area contributed by atoms with Crippen molar-refractivity contribution >= 4 is 31.0 Å². The standard InChI is InChI=1S/C16H16ClO2P/c1-3-19-12-8-9-15(14(17)10-12)20-16(18)13-7-5-4-6-11(13)2/h4-10,20H,3H2,1-2H3. The lowest BCUT2D eigenvalue weighted by molar-refractivity contribution is 0.108. The Balaban J connectivity index is 2.18. The van der Waals surface area contributed by atoms with E-state index in [1.54, 1.807) is 6.07 Å². The Kier molecular flexibility index (Phi) is 5.17. The third-order valence-electron chi connectivity index (χ3n) is 2.89. The van der Waals surface area contributed by atoms with Crippen molar-refractivity contribution in [2.75, 3.05) is 6.61 Å². The number of hydrogen-bond donors (Lipinski definition) is 0. The van der Waals surface area contributed by atoms with Gasteiger partial charge in [-0.25, -0.2) is 0 Å². The van der Waals surface area contributed by atoms with Gasteiger partial charge in [0, 0.05) is 5.56 Å². The molecule has 4 heteroatoms. The van der Waals surface area contributed by atoms with Gasteiger partial charge in [0.25, 0.3) is 0 Å². The summed E-state index contributed by atoms with van der Waals surface area (Å²) in [6.07, 6.45) is 0. The monoisotopic (exact) mass is 306 g/mol. The summed E-state index contributed by atoms with van der Waals surface area (Å²) < 4.78 is 5.38. The van der Waals surface area contributed by atoms with Crippen LogP contribution in [0.5, 0.6) is 5.75 Å². The normalized spacial score (nSPS) is 10.9. The topological polar surface area (TPSA) is 26.3 Å². The van der Waals surface area contributed by atoms with Crippen LogP contribution < -0.4 is 10.0 Å². The highest BCUT2D eigenvalue weighted by atomic mass is 35.5. The zero-order chi connectivity index (χ0) is 14.5. The third-order valence-corrected chi connectivity index (χ3v) is 4.56. The summed E-state index contributed by atoms with van der Waals surface area (Å²) in [4.78, 5) is 12.3. The summed E-state index contributed by atoms with van der Waals surface area (Å²) in [5.41, 5.74) is 1.86. The molecule has 0 radical (unpaired) electrons. The maximum Gasteiger partial charge on any atom is 0.185 e. The quantitative estimate of drug-likeness (QED) is 0.774. The van der Waals surface area contributed by atoms with E-state index in [4.69, 9.17) is 16.3 Å². The minimum absolute atomic E-state index is 0.0230. The van der Waals surface area contributed by atoms with Crippen LogP contribution in [0.25, 0.3) is 0 Å². The second kappa shape index (κ2) is 6.88. The second-order valence-electron chi connectivity index (χ2n) is 4.34. The predicted molar refractivity (Wildman–Crippen MR) is 86.1 cm³/mol. The number of hydrogen-bond acceptors (Lipinski definition) is 2. The van der Waals surface area contributed by atoms with Crippen LogP contribution in [0, 0.1) is 6.92 Å². The number of halogens is 1. The van der Waals surface area contributed by atoms with Gasteiger partial charge in [-0.3, -0.25) is 4.79 Å². The molecule has 0 heterocycles. The molecular formula is C16H16ClO2P. The smallest absolute Gasteiger partial charge is 0.185 e. The summed E-state index contributed by atoms with van der Waals surface area (Å²) in [5.74, 6) is 0.731. The van der Waals surface area contributed by atoms with E-state index >= 15 is 0 Å². The minimum atomic E-state index is 0.0230. The number of carbonyl (C=O) groups excluding carboxylic acids is 1. The van der Waals surface area contributed by atoms with E-state index < -0.39 is 0 Å². The molecular weight excluding hydrogens is 291 g/mol. The zero-order valence-electron chi connectivity index (χ0n) is 11.4. The molecule has 0 saturated heterocycles. The van der Waals surface area contributed by atoms with E-state index in [0.717, 1.165) is 22.2 Å². The van der Waals surface area contributed by atoms with Crippen LogP contribution in [-0.2, 0) is 0 Å². The Morgan fingerprint density at radius 1 is 1.25 bits per heavy atom. The molecule has 2 aromatic carbocycles. The first-order valence-electron chi connectivity index (χ1n) is 6.41. The Bertz CT molecular complexity index is 626. The molecule has 0 fully saturated rings. The van der Waals surface area contributed by atoms with Crippen molar-refractivity contribution < 1.29 is 9.53 Å². The molecule has 0 aliphatic rings. The van der Waals surface area contributed by atoms with E-state index in [9.17, 15) is 4.79 Å². The van der Waals surface area contributed by atoms with Crippen molar-refractivity contribution in [1.29, 1.82) is 0 Å². The van der Waals surface area contributed by atoms with Crippen LogP contribution in [0.2, 0.25) is 5.02 Å². The molecule has 0 bridgehead atoms. The first-order chi connectivity index (χ1) is 9.61. The number of ether oxygens (including phenoxy) is 1. The first kappa shape index (κ1) is 15.0. The maximum absolute atomic E-state index is 12.3. The maximum atomic E-state index is 12.3. The van der Waals surface area contributed by atoms with Crippen LogP contribution in [0.4, 0.5) is 0 Å². The summed E-state index contributed by atoms with van der Waals surface area (Å²) >= 11 is 6.21. The predicted octanol–water partition coefficient (Wildman–Crippen LogP) is 4.19. The van der Waals surface area contributed by atoms with Crippen molar-refractivity contribution in [2.45, 2.75) is 13.8 Å². The molecule has 0 N–H and O–H groups in total. The molecule has 0 aliphatic heterocycles. The summed E-state index contributed by atoms with van der Waals surface area (Å²) in [6.45, 7) is 4.46. The van der Waals surface area contributed by atoms with E-state index in [0.29, 0.717) is 11.6 Å². The number of aryl methyl sites for hydroxylation is 1. The number of rotatable bonds is 5. The van der Waals surface area contributed by atoms with Crippen molar-refractivity contribution in [3.63, 3.8) is 0 Å². The van der Waals surface area contributed by atoms with E-state index in [1.807, 2.05) is 50.2 Å². The van der Waals surface area contributed by atoms with Gasteiger partial charge in [0.15, 0.2) is 5.52 Å². The van der Waals surface area contributed by atoms with E-state index in [-0.39, 0.29) is 14.1 Å². The van der Waals surface area contributed by atoms with Crippen LogP contribution in [0.3, 0.4) is 0 Å². The van der Waals surface area contributed by atoms with Crippen molar-refractivity contribution in [1.82, 2.24) is 0 Å². The molecule has 2 rings (SSSR count). The molecule has 1 unspecified atom stereocenters. The van der Waals surface area contributed by atoms with Crippen molar-refractivity contribution in [3.05, 3.63) is 58.6 Å². The highest BCUT2D eigenvalue weighted by Crippen LogP contribution is 2.26. The van der Waals surface area contributed by atoms with Crippen LogP contribution in [0.15, 0.2) is 42.5 Å². The van der Waals surface area contributed by atoms with E-state index in [1.165, 1.54) is 0 Å².